The van der Waals surface area contributed by atoms with Crippen LogP contribution in [0.3, 0.4) is 0 Å². The third-order valence-electron chi connectivity index (χ3n) is 4.49. The second-order valence-corrected chi connectivity index (χ2v) is 8.56. The van der Waals surface area contributed by atoms with Gasteiger partial charge < -0.3 is 10.5 Å². The van der Waals surface area contributed by atoms with Crippen LogP contribution in [0.25, 0.3) is 0 Å². The number of ether oxygens (including phenoxy) is 1. The molecule has 1 aliphatic carbocycles. The van der Waals surface area contributed by atoms with Crippen molar-refractivity contribution in [2.45, 2.75) is 28.5 Å². The molecule has 1 aliphatic rings. The Morgan fingerprint density at radius 1 is 1.12 bits per heavy atom. The van der Waals surface area contributed by atoms with E-state index in [0.29, 0.717) is 11.6 Å². The number of nitrogens with two attached hydrogens (primary N) is 1. The van der Waals surface area contributed by atoms with E-state index in [9.17, 15) is 8.42 Å². The first-order valence-electron chi connectivity index (χ1n) is 7.82. The Morgan fingerprint density at radius 2 is 1.75 bits per heavy atom. The highest BCUT2D eigenvalue weighted by atomic mass is 35.5. The van der Waals surface area contributed by atoms with Crippen LogP contribution in [-0.4, -0.2) is 32.4 Å². The average molecular weight is 366 g/mol. The minimum atomic E-state index is -3.55. The second kappa shape index (κ2) is 6.48. The van der Waals surface area contributed by atoms with Gasteiger partial charge in [-0.05, 0) is 36.8 Å². The third kappa shape index (κ3) is 2.97. The molecule has 2 aromatic carbocycles. The van der Waals surface area contributed by atoms with Crippen LogP contribution in [0, 0.1) is 0 Å². The summed E-state index contributed by atoms with van der Waals surface area (Å²) in [6.07, 6.45) is 0. The molecule has 0 radical (unpaired) electrons. The summed E-state index contributed by atoms with van der Waals surface area (Å²) in [5.74, 6) is -0.313. The molecule has 0 bridgehead atoms. The summed E-state index contributed by atoms with van der Waals surface area (Å²) in [5.41, 5.74) is 6.41. The fourth-order valence-corrected chi connectivity index (χ4v) is 5.69. The van der Waals surface area contributed by atoms with Crippen LogP contribution >= 0.6 is 11.6 Å². The Kier molecular flexibility index (Phi) is 4.71. The standard InChI is InChI=1S/C18H20ClNO3S/c1-2-23-12-18(20)16(13-8-10-14(19)11-9-13)17(18)24(21,22)15-6-4-3-5-7-15/h3-11,16-17H,2,12,20H2,1H3/t16-,17-,18-/m0/s1. The first-order chi connectivity index (χ1) is 11.4. The largest absolute Gasteiger partial charge is 0.380 e. The van der Waals surface area contributed by atoms with Crippen molar-refractivity contribution >= 4 is 21.4 Å². The van der Waals surface area contributed by atoms with Crippen molar-refractivity contribution in [1.82, 2.24) is 0 Å². The minimum Gasteiger partial charge on any atom is -0.380 e. The lowest BCUT2D eigenvalue weighted by atomic mass is 10.1. The lowest BCUT2D eigenvalue weighted by Gasteiger charge is -2.12. The summed E-state index contributed by atoms with van der Waals surface area (Å²) < 4.78 is 31.6. The van der Waals surface area contributed by atoms with E-state index in [1.807, 2.05) is 19.1 Å². The van der Waals surface area contributed by atoms with Crippen molar-refractivity contribution in [2.24, 2.45) is 5.73 Å². The molecule has 0 heterocycles. The number of rotatable bonds is 6. The highest BCUT2D eigenvalue weighted by Crippen LogP contribution is 2.55. The van der Waals surface area contributed by atoms with Gasteiger partial charge in [0.25, 0.3) is 0 Å². The summed E-state index contributed by atoms with van der Waals surface area (Å²) in [5, 5.41) is -0.102. The molecule has 0 unspecified atom stereocenters. The van der Waals surface area contributed by atoms with Gasteiger partial charge in [-0.25, -0.2) is 8.42 Å². The predicted molar refractivity (Wildman–Crippen MR) is 95.0 cm³/mol. The van der Waals surface area contributed by atoms with E-state index in [4.69, 9.17) is 22.1 Å². The van der Waals surface area contributed by atoms with E-state index >= 15 is 0 Å². The summed E-state index contributed by atoms with van der Waals surface area (Å²) in [7, 11) is -3.55. The van der Waals surface area contributed by atoms with Crippen LogP contribution in [0.1, 0.15) is 18.4 Å². The van der Waals surface area contributed by atoms with Gasteiger partial charge in [-0.1, -0.05) is 41.9 Å². The van der Waals surface area contributed by atoms with E-state index in [-0.39, 0.29) is 17.4 Å². The molecule has 0 spiro atoms. The Labute approximate surface area is 147 Å². The molecule has 2 aromatic rings. The fourth-order valence-electron chi connectivity index (χ4n) is 3.25. The van der Waals surface area contributed by atoms with E-state index in [2.05, 4.69) is 0 Å². The molecule has 0 amide bonds. The molecular formula is C18H20ClNO3S. The normalized spacial score (nSPS) is 26.3. The van der Waals surface area contributed by atoms with Crippen LogP contribution in [0.2, 0.25) is 5.02 Å². The molecule has 24 heavy (non-hydrogen) atoms. The van der Waals surface area contributed by atoms with E-state index in [0.717, 1.165) is 5.56 Å². The molecular weight excluding hydrogens is 346 g/mol. The number of halogens is 1. The summed E-state index contributed by atoms with van der Waals surface area (Å²) in [6, 6.07) is 15.6. The van der Waals surface area contributed by atoms with Gasteiger partial charge in [-0.2, -0.15) is 0 Å². The van der Waals surface area contributed by atoms with Crippen molar-refractivity contribution in [3.63, 3.8) is 0 Å². The zero-order valence-corrected chi connectivity index (χ0v) is 14.9. The van der Waals surface area contributed by atoms with Crippen LogP contribution in [0.5, 0.6) is 0 Å². The first-order valence-corrected chi connectivity index (χ1v) is 9.74. The molecule has 0 aromatic heterocycles. The molecule has 3 atom stereocenters. The van der Waals surface area contributed by atoms with Crippen molar-refractivity contribution in [3.8, 4) is 0 Å². The smallest absolute Gasteiger partial charge is 0.183 e. The monoisotopic (exact) mass is 365 g/mol. The fraction of sp³-hybridized carbons (Fsp3) is 0.333. The van der Waals surface area contributed by atoms with Crippen LogP contribution < -0.4 is 5.73 Å². The molecule has 3 rings (SSSR count). The molecule has 128 valence electrons. The van der Waals surface area contributed by atoms with Gasteiger partial charge in [0.15, 0.2) is 9.84 Å². The maximum Gasteiger partial charge on any atom is 0.183 e. The van der Waals surface area contributed by atoms with Crippen LogP contribution in [-0.2, 0) is 14.6 Å². The number of hydrogen-bond donors (Lipinski definition) is 1. The molecule has 1 fully saturated rings. The minimum absolute atomic E-state index is 0.202. The Morgan fingerprint density at radius 3 is 2.33 bits per heavy atom. The first kappa shape index (κ1) is 17.4. The second-order valence-electron chi connectivity index (χ2n) is 6.06. The average Bonchev–Trinajstić information content (AvgIpc) is 3.21. The van der Waals surface area contributed by atoms with Gasteiger partial charge >= 0.3 is 0 Å². The van der Waals surface area contributed by atoms with Crippen LogP contribution in [0.15, 0.2) is 59.5 Å². The van der Waals surface area contributed by atoms with Crippen molar-refractivity contribution in [3.05, 3.63) is 65.2 Å². The van der Waals surface area contributed by atoms with Crippen molar-refractivity contribution in [2.75, 3.05) is 13.2 Å². The third-order valence-corrected chi connectivity index (χ3v) is 7.05. The van der Waals surface area contributed by atoms with Gasteiger partial charge in [0.05, 0.1) is 22.3 Å². The van der Waals surface area contributed by atoms with Gasteiger partial charge in [-0.15, -0.1) is 0 Å². The van der Waals surface area contributed by atoms with E-state index in [1.54, 1.807) is 42.5 Å². The number of benzene rings is 2. The number of sulfone groups is 1. The summed E-state index contributed by atoms with van der Waals surface area (Å²) >= 11 is 5.94. The quantitative estimate of drug-likeness (QED) is 0.854. The van der Waals surface area contributed by atoms with Crippen molar-refractivity contribution in [1.29, 1.82) is 0 Å². The Hall–Kier alpha value is -1.40. The topological polar surface area (TPSA) is 69.4 Å². The van der Waals surface area contributed by atoms with Gasteiger partial charge in [0, 0.05) is 17.5 Å². The lowest BCUT2D eigenvalue weighted by Crippen LogP contribution is -2.36. The lowest BCUT2D eigenvalue weighted by molar-refractivity contribution is 0.125. The Bertz CT molecular complexity index is 808. The molecule has 1 saturated carbocycles. The summed E-state index contributed by atoms with van der Waals surface area (Å²) in [4.78, 5) is 0.290. The molecule has 0 saturated heterocycles. The van der Waals surface area contributed by atoms with E-state index < -0.39 is 20.6 Å². The maximum atomic E-state index is 13.1. The molecule has 6 heteroatoms. The zero-order valence-electron chi connectivity index (χ0n) is 13.4. The van der Waals surface area contributed by atoms with Gasteiger partial charge in [-0.3, -0.25) is 0 Å². The van der Waals surface area contributed by atoms with Crippen molar-refractivity contribution < 1.29 is 13.2 Å². The van der Waals surface area contributed by atoms with Gasteiger partial charge in [0.2, 0.25) is 0 Å². The molecule has 4 nitrogen and oxygen atoms in total. The SMILES string of the molecule is CCOC[C@]1(N)[C@@H](c2ccc(Cl)cc2)[C@@H]1S(=O)(=O)c1ccccc1. The summed E-state index contributed by atoms with van der Waals surface area (Å²) in [6.45, 7) is 2.56. The zero-order chi connectivity index (χ0) is 17.4. The predicted octanol–water partition coefficient (Wildman–Crippen LogP) is 3.01. The van der Waals surface area contributed by atoms with Crippen LogP contribution in [0.4, 0.5) is 0 Å². The van der Waals surface area contributed by atoms with Gasteiger partial charge in [0.1, 0.15) is 0 Å². The Balaban J connectivity index is 1.99. The highest BCUT2D eigenvalue weighted by molar-refractivity contribution is 7.92. The highest BCUT2D eigenvalue weighted by Gasteiger charge is 2.69. The number of hydrogen-bond acceptors (Lipinski definition) is 4. The molecule has 0 aliphatic heterocycles. The van der Waals surface area contributed by atoms with E-state index in [1.165, 1.54) is 0 Å². The maximum absolute atomic E-state index is 13.1. The molecule has 2 N–H and O–H groups in total.